The fourth-order valence-corrected chi connectivity index (χ4v) is 2.07. The molecule has 0 spiro atoms. The van der Waals surface area contributed by atoms with Crippen LogP contribution in [0.3, 0.4) is 0 Å². The first-order valence-electron chi connectivity index (χ1n) is 7.37. The van der Waals surface area contributed by atoms with E-state index in [0.717, 1.165) is 6.42 Å². The molecule has 0 aromatic carbocycles. The van der Waals surface area contributed by atoms with Crippen molar-refractivity contribution in [2.24, 2.45) is 11.1 Å². The van der Waals surface area contributed by atoms with Crippen molar-refractivity contribution in [3.05, 3.63) is 0 Å². The highest BCUT2D eigenvalue weighted by Gasteiger charge is 2.23. The minimum absolute atomic E-state index is 0.0573. The van der Waals surface area contributed by atoms with Crippen LogP contribution >= 0.6 is 0 Å². The molecule has 0 radical (unpaired) electrons. The van der Waals surface area contributed by atoms with Gasteiger partial charge >= 0.3 is 5.97 Å². The second-order valence-corrected chi connectivity index (χ2v) is 6.34. The molecule has 0 aromatic heterocycles. The van der Waals surface area contributed by atoms with E-state index in [1.807, 2.05) is 0 Å². The van der Waals surface area contributed by atoms with Crippen molar-refractivity contribution < 1.29 is 19.1 Å². The highest BCUT2D eigenvalue weighted by Crippen LogP contribution is 2.21. The molecule has 0 bridgehead atoms. The van der Waals surface area contributed by atoms with Crippen LogP contribution in [0.15, 0.2) is 0 Å². The lowest BCUT2D eigenvalue weighted by molar-refractivity contribution is -0.149. The SMILES string of the molecule is CCOC(=O)CN(CCOC)C(=O)CC(N)CC(C)(C)C. The molecule has 0 aromatic rings. The topological polar surface area (TPSA) is 81.9 Å². The summed E-state index contributed by atoms with van der Waals surface area (Å²) in [6.07, 6.45) is 0.969. The molecule has 1 amide bonds. The van der Waals surface area contributed by atoms with E-state index in [9.17, 15) is 9.59 Å². The Balaban J connectivity index is 4.52. The van der Waals surface area contributed by atoms with E-state index in [1.165, 1.54) is 4.90 Å². The van der Waals surface area contributed by atoms with Crippen molar-refractivity contribution in [2.45, 2.75) is 46.6 Å². The summed E-state index contributed by atoms with van der Waals surface area (Å²) in [5.41, 5.74) is 6.09. The van der Waals surface area contributed by atoms with Crippen LogP contribution in [0.4, 0.5) is 0 Å². The molecule has 2 N–H and O–H groups in total. The van der Waals surface area contributed by atoms with E-state index in [4.69, 9.17) is 15.2 Å². The minimum Gasteiger partial charge on any atom is -0.465 e. The van der Waals surface area contributed by atoms with Crippen LogP contribution in [-0.4, -0.2) is 56.2 Å². The van der Waals surface area contributed by atoms with Crippen LogP contribution in [0.2, 0.25) is 0 Å². The minimum atomic E-state index is -0.411. The van der Waals surface area contributed by atoms with Crippen LogP contribution in [0.5, 0.6) is 0 Å². The molecule has 0 aliphatic heterocycles. The van der Waals surface area contributed by atoms with Gasteiger partial charge in [0.05, 0.1) is 13.2 Å². The molecule has 0 rings (SSSR count). The van der Waals surface area contributed by atoms with Gasteiger partial charge in [0.25, 0.3) is 0 Å². The first-order chi connectivity index (χ1) is 9.69. The lowest BCUT2D eigenvalue weighted by atomic mass is 9.87. The van der Waals surface area contributed by atoms with Gasteiger partial charge in [-0.1, -0.05) is 20.8 Å². The van der Waals surface area contributed by atoms with Crippen molar-refractivity contribution in [2.75, 3.05) is 33.4 Å². The maximum atomic E-state index is 12.3. The van der Waals surface area contributed by atoms with Crippen molar-refractivity contribution in [3.63, 3.8) is 0 Å². The van der Waals surface area contributed by atoms with E-state index in [1.54, 1.807) is 14.0 Å². The molecule has 21 heavy (non-hydrogen) atoms. The smallest absolute Gasteiger partial charge is 0.325 e. The number of rotatable bonds is 9. The zero-order valence-corrected chi connectivity index (χ0v) is 14.0. The van der Waals surface area contributed by atoms with Gasteiger partial charge in [-0.2, -0.15) is 0 Å². The Morgan fingerprint density at radius 1 is 1.29 bits per heavy atom. The summed E-state index contributed by atoms with van der Waals surface area (Å²) in [6, 6.07) is -0.218. The number of methoxy groups -OCH3 is 1. The molecule has 0 aliphatic carbocycles. The van der Waals surface area contributed by atoms with Crippen molar-refractivity contribution in [3.8, 4) is 0 Å². The largest absolute Gasteiger partial charge is 0.465 e. The molecule has 6 nitrogen and oxygen atoms in total. The normalized spacial score (nSPS) is 12.9. The summed E-state index contributed by atoms with van der Waals surface area (Å²) in [5, 5.41) is 0. The van der Waals surface area contributed by atoms with E-state index >= 15 is 0 Å². The predicted octanol–water partition coefficient (Wildman–Crippen LogP) is 1.18. The zero-order chi connectivity index (χ0) is 16.5. The number of esters is 1. The molecule has 0 aliphatic rings. The molecule has 1 unspecified atom stereocenters. The first kappa shape index (κ1) is 19.9. The molecular weight excluding hydrogens is 272 g/mol. The number of carbonyl (C=O) groups excluding carboxylic acids is 2. The second-order valence-electron chi connectivity index (χ2n) is 6.34. The number of nitrogens with zero attached hydrogens (tertiary/aromatic N) is 1. The molecular formula is C15H30N2O4. The number of hydrogen-bond donors (Lipinski definition) is 1. The quantitative estimate of drug-likeness (QED) is 0.647. The Hall–Kier alpha value is -1.14. The van der Waals surface area contributed by atoms with Gasteiger partial charge in [-0.3, -0.25) is 9.59 Å². The lowest BCUT2D eigenvalue weighted by Gasteiger charge is -2.26. The summed E-state index contributed by atoms with van der Waals surface area (Å²) >= 11 is 0. The third-order valence-electron chi connectivity index (χ3n) is 2.85. The first-order valence-corrected chi connectivity index (χ1v) is 7.37. The monoisotopic (exact) mass is 302 g/mol. The van der Waals surface area contributed by atoms with Gasteiger partial charge in [0, 0.05) is 26.1 Å². The van der Waals surface area contributed by atoms with E-state index in [2.05, 4.69) is 20.8 Å². The highest BCUT2D eigenvalue weighted by molar-refractivity contribution is 5.82. The lowest BCUT2D eigenvalue weighted by Crippen LogP contribution is -2.42. The summed E-state index contributed by atoms with van der Waals surface area (Å²) in [4.78, 5) is 25.3. The summed E-state index contributed by atoms with van der Waals surface area (Å²) in [7, 11) is 1.55. The maximum absolute atomic E-state index is 12.3. The van der Waals surface area contributed by atoms with Gasteiger partial charge in [-0.25, -0.2) is 0 Å². The third kappa shape index (κ3) is 10.3. The van der Waals surface area contributed by atoms with Crippen molar-refractivity contribution in [1.29, 1.82) is 0 Å². The average Bonchev–Trinajstić information content (AvgIpc) is 2.32. The van der Waals surface area contributed by atoms with Gasteiger partial charge in [0.1, 0.15) is 6.54 Å². The third-order valence-corrected chi connectivity index (χ3v) is 2.85. The molecule has 0 saturated heterocycles. The summed E-state index contributed by atoms with van der Waals surface area (Å²) < 4.78 is 9.86. The van der Waals surface area contributed by atoms with Crippen LogP contribution in [0.25, 0.3) is 0 Å². The van der Waals surface area contributed by atoms with E-state index < -0.39 is 5.97 Å². The molecule has 0 heterocycles. The predicted molar refractivity (Wildman–Crippen MR) is 81.8 cm³/mol. The Morgan fingerprint density at radius 2 is 1.90 bits per heavy atom. The standard InChI is InChI=1S/C15H30N2O4/c1-6-21-14(19)11-17(7-8-20-5)13(18)9-12(16)10-15(2,3)4/h12H,6-11,16H2,1-5H3. The second kappa shape index (κ2) is 9.73. The van der Waals surface area contributed by atoms with Crippen LogP contribution in [0.1, 0.15) is 40.5 Å². The number of hydrogen-bond acceptors (Lipinski definition) is 5. The number of ether oxygens (including phenoxy) is 2. The van der Waals surface area contributed by atoms with E-state index in [-0.39, 0.29) is 30.3 Å². The fraction of sp³-hybridized carbons (Fsp3) is 0.867. The number of carbonyl (C=O) groups is 2. The number of amides is 1. The average molecular weight is 302 g/mol. The van der Waals surface area contributed by atoms with Gasteiger partial charge in [-0.05, 0) is 18.8 Å². The Kier molecular flexibility index (Phi) is 9.21. The zero-order valence-electron chi connectivity index (χ0n) is 14.0. The van der Waals surface area contributed by atoms with E-state index in [0.29, 0.717) is 19.8 Å². The molecule has 0 saturated carbocycles. The van der Waals surface area contributed by atoms with Crippen molar-refractivity contribution in [1.82, 2.24) is 4.90 Å². The van der Waals surface area contributed by atoms with Gasteiger partial charge in [0.15, 0.2) is 0 Å². The molecule has 0 fully saturated rings. The Morgan fingerprint density at radius 3 is 2.38 bits per heavy atom. The van der Waals surface area contributed by atoms with Crippen LogP contribution in [0, 0.1) is 5.41 Å². The highest BCUT2D eigenvalue weighted by atomic mass is 16.5. The van der Waals surface area contributed by atoms with Crippen molar-refractivity contribution >= 4 is 11.9 Å². The maximum Gasteiger partial charge on any atom is 0.325 e. The summed E-state index contributed by atoms with van der Waals surface area (Å²) in [5.74, 6) is -0.553. The van der Waals surface area contributed by atoms with Gasteiger partial charge in [-0.15, -0.1) is 0 Å². The molecule has 124 valence electrons. The van der Waals surface area contributed by atoms with Gasteiger partial charge < -0.3 is 20.1 Å². The Bertz CT molecular complexity index is 326. The summed E-state index contributed by atoms with van der Waals surface area (Å²) in [6.45, 7) is 8.96. The molecule has 1 atom stereocenters. The van der Waals surface area contributed by atoms with Crippen LogP contribution < -0.4 is 5.73 Å². The van der Waals surface area contributed by atoms with Crippen LogP contribution in [-0.2, 0) is 19.1 Å². The fourth-order valence-electron chi connectivity index (χ4n) is 2.07. The Labute approximate surface area is 127 Å². The molecule has 6 heteroatoms. The van der Waals surface area contributed by atoms with Gasteiger partial charge in [0.2, 0.25) is 5.91 Å². The number of nitrogens with two attached hydrogens (primary N) is 1.